The number of thiazole rings is 1. The molecule has 3 heterocycles. The van der Waals surface area contributed by atoms with Crippen LogP contribution in [-0.4, -0.2) is 15.0 Å². The van der Waals surface area contributed by atoms with E-state index in [-0.39, 0.29) is 10.7 Å². The number of fused-ring (bicyclic) bond motifs is 1. The monoisotopic (exact) mass is 430 g/mol. The van der Waals surface area contributed by atoms with Crippen LogP contribution in [0.4, 0.5) is 26.6 Å². The van der Waals surface area contributed by atoms with Crippen LogP contribution in [0, 0.1) is 17.1 Å². The number of anilines is 4. The molecule has 28 heavy (non-hydrogen) atoms. The molecular formula is C18H9Cl2FN6S. The van der Waals surface area contributed by atoms with Gasteiger partial charge in [-0.3, -0.25) is 0 Å². The van der Waals surface area contributed by atoms with E-state index < -0.39 is 5.82 Å². The molecule has 0 aliphatic rings. The van der Waals surface area contributed by atoms with Crippen LogP contribution in [0.2, 0.25) is 10.2 Å². The van der Waals surface area contributed by atoms with E-state index in [1.165, 1.54) is 29.5 Å². The van der Waals surface area contributed by atoms with E-state index in [1.54, 1.807) is 24.4 Å². The largest absolute Gasteiger partial charge is 0.353 e. The summed E-state index contributed by atoms with van der Waals surface area (Å²) in [6.07, 6.45) is 1.59. The number of rotatable bonds is 4. The molecule has 4 rings (SSSR count). The Labute approximate surface area is 172 Å². The van der Waals surface area contributed by atoms with Crippen molar-refractivity contribution in [1.82, 2.24) is 15.0 Å². The van der Waals surface area contributed by atoms with Crippen LogP contribution in [0.15, 0.2) is 42.6 Å². The van der Waals surface area contributed by atoms with Gasteiger partial charge in [-0.2, -0.15) is 10.2 Å². The van der Waals surface area contributed by atoms with E-state index in [0.717, 1.165) is 10.4 Å². The third-order valence-electron chi connectivity index (χ3n) is 3.67. The molecular weight excluding hydrogens is 422 g/mol. The Hall–Kier alpha value is -2.99. The maximum absolute atomic E-state index is 13.3. The van der Waals surface area contributed by atoms with Crippen LogP contribution in [-0.2, 0) is 0 Å². The van der Waals surface area contributed by atoms with Gasteiger partial charge in [0.2, 0.25) is 0 Å². The zero-order valence-corrected chi connectivity index (χ0v) is 16.2. The smallest absolute Gasteiger partial charge is 0.189 e. The summed E-state index contributed by atoms with van der Waals surface area (Å²) in [5.74, 6) is -0.517. The van der Waals surface area contributed by atoms with Gasteiger partial charge in [0.25, 0.3) is 0 Å². The number of benzene rings is 1. The summed E-state index contributed by atoms with van der Waals surface area (Å²) in [7, 11) is 0. The van der Waals surface area contributed by atoms with Crippen molar-refractivity contribution in [2.45, 2.75) is 0 Å². The molecule has 10 heteroatoms. The summed E-state index contributed by atoms with van der Waals surface area (Å²) in [5, 5.41) is 16.6. The Morgan fingerprint density at radius 3 is 2.57 bits per heavy atom. The minimum absolute atomic E-state index is 0.0154. The summed E-state index contributed by atoms with van der Waals surface area (Å²) < 4.78 is 14.1. The average Bonchev–Trinajstić information content (AvgIpc) is 3.07. The number of aromatic nitrogens is 3. The Balaban J connectivity index is 1.66. The third-order valence-corrected chi connectivity index (χ3v) is 5.09. The molecule has 0 saturated carbocycles. The highest BCUT2D eigenvalue weighted by molar-refractivity contribution is 7.22. The van der Waals surface area contributed by atoms with Crippen LogP contribution in [0.1, 0.15) is 5.69 Å². The topological polar surface area (TPSA) is 86.5 Å². The van der Waals surface area contributed by atoms with Gasteiger partial charge in [-0.05, 0) is 36.4 Å². The second-order valence-electron chi connectivity index (χ2n) is 5.59. The number of hydrogen-bond acceptors (Lipinski definition) is 7. The molecule has 4 aromatic rings. The van der Waals surface area contributed by atoms with E-state index in [4.69, 9.17) is 23.2 Å². The zero-order valence-electron chi connectivity index (χ0n) is 13.9. The van der Waals surface area contributed by atoms with E-state index in [1.807, 2.05) is 6.07 Å². The first-order valence-electron chi connectivity index (χ1n) is 7.84. The molecule has 0 saturated heterocycles. The molecule has 3 aromatic heterocycles. The lowest BCUT2D eigenvalue weighted by atomic mass is 10.2. The molecule has 0 fully saturated rings. The highest BCUT2D eigenvalue weighted by Crippen LogP contribution is 2.32. The van der Waals surface area contributed by atoms with Gasteiger partial charge in [0.05, 0.1) is 27.3 Å². The Bertz CT molecular complexity index is 1220. The van der Waals surface area contributed by atoms with Crippen molar-refractivity contribution >= 4 is 67.1 Å². The lowest BCUT2D eigenvalue weighted by Gasteiger charge is -2.08. The van der Waals surface area contributed by atoms with Crippen molar-refractivity contribution < 1.29 is 4.39 Å². The summed E-state index contributed by atoms with van der Waals surface area (Å²) in [5.41, 5.74) is 2.34. The molecule has 138 valence electrons. The Morgan fingerprint density at radius 1 is 1.04 bits per heavy atom. The Kier molecular flexibility index (Phi) is 4.96. The summed E-state index contributed by atoms with van der Waals surface area (Å²) in [6.45, 7) is 0. The predicted molar refractivity (Wildman–Crippen MR) is 109 cm³/mol. The third kappa shape index (κ3) is 3.82. The maximum atomic E-state index is 13.3. The molecule has 0 radical (unpaired) electrons. The van der Waals surface area contributed by atoms with Crippen LogP contribution < -0.4 is 10.6 Å². The maximum Gasteiger partial charge on any atom is 0.189 e. The van der Waals surface area contributed by atoms with E-state index in [2.05, 4.69) is 25.6 Å². The summed E-state index contributed by atoms with van der Waals surface area (Å²) in [4.78, 5) is 12.7. The number of pyridine rings is 2. The van der Waals surface area contributed by atoms with Gasteiger partial charge in [-0.25, -0.2) is 14.4 Å². The van der Waals surface area contributed by atoms with Crippen molar-refractivity contribution in [3.63, 3.8) is 0 Å². The van der Waals surface area contributed by atoms with Crippen molar-refractivity contribution in [1.29, 1.82) is 5.26 Å². The fourth-order valence-corrected chi connectivity index (χ4v) is 3.56. The number of hydrogen-bond donors (Lipinski definition) is 2. The first-order chi connectivity index (χ1) is 13.5. The second-order valence-corrected chi connectivity index (χ2v) is 7.41. The highest BCUT2D eigenvalue weighted by atomic mass is 35.5. The molecule has 0 spiro atoms. The van der Waals surface area contributed by atoms with Gasteiger partial charge in [-0.1, -0.05) is 34.5 Å². The molecule has 0 amide bonds. The normalized spacial score (nSPS) is 10.6. The van der Waals surface area contributed by atoms with E-state index >= 15 is 0 Å². The molecule has 6 nitrogen and oxygen atoms in total. The Morgan fingerprint density at radius 2 is 1.86 bits per heavy atom. The van der Waals surface area contributed by atoms with E-state index in [0.29, 0.717) is 27.3 Å². The fourth-order valence-electron chi connectivity index (χ4n) is 2.40. The van der Waals surface area contributed by atoms with Gasteiger partial charge in [-0.15, -0.1) is 0 Å². The molecule has 0 aliphatic carbocycles. The zero-order chi connectivity index (χ0) is 19.7. The molecule has 1 aromatic carbocycles. The molecule has 0 aliphatic heterocycles. The lowest BCUT2D eigenvalue weighted by Crippen LogP contribution is -1.97. The van der Waals surface area contributed by atoms with Gasteiger partial charge in [0.1, 0.15) is 17.0 Å². The lowest BCUT2D eigenvalue weighted by molar-refractivity contribution is 0.628. The van der Waals surface area contributed by atoms with Crippen LogP contribution in [0.25, 0.3) is 10.3 Å². The minimum Gasteiger partial charge on any atom is -0.353 e. The molecule has 2 N–H and O–H groups in total. The SMILES string of the molecule is N#Cc1nc2nc(Nc3ccc(Cl)nc3)sc2cc1Nc1ccc(F)c(Cl)c1. The second kappa shape index (κ2) is 7.56. The average molecular weight is 431 g/mol. The standard InChI is InChI=1S/C18H9Cl2FN6S/c19-11-5-9(1-3-12(11)21)24-13-6-15-17(26-14(13)7-22)27-18(28-15)25-10-2-4-16(20)23-8-10/h1-6,8,24H,(H,25,26,27). The van der Waals surface area contributed by atoms with Gasteiger partial charge in [0.15, 0.2) is 16.5 Å². The summed E-state index contributed by atoms with van der Waals surface area (Å²) >= 11 is 13.0. The quantitative estimate of drug-likeness (QED) is 0.392. The molecule has 0 atom stereocenters. The minimum atomic E-state index is -0.517. The number of nitrogens with zero attached hydrogens (tertiary/aromatic N) is 4. The van der Waals surface area contributed by atoms with Gasteiger partial charge in [0, 0.05) is 5.69 Å². The van der Waals surface area contributed by atoms with Gasteiger partial charge >= 0.3 is 0 Å². The van der Waals surface area contributed by atoms with Crippen LogP contribution in [0.3, 0.4) is 0 Å². The van der Waals surface area contributed by atoms with Crippen molar-refractivity contribution in [3.05, 3.63) is 64.3 Å². The fraction of sp³-hybridized carbons (Fsp3) is 0. The number of nitrogens with one attached hydrogen (secondary N) is 2. The van der Waals surface area contributed by atoms with Gasteiger partial charge < -0.3 is 10.6 Å². The molecule has 0 bridgehead atoms. The number of nitriles is 1. The van der Waals surface area contributed by atoms with Crippen molar-refractivity contribution in [2.24, 2.45) is 0 Å². The highest BCUT2D eigenvalue weighted by Gasteiger charge is 2.12. The number of halogens is 3. The van der Waals surface area contributed by atoms with Crippen molar-refractivity contribution in [3.8, 4) is 6.07 Å². The summed E-state index contributed by atoms with van der Waals surface area (Å²) in [6, 6.07) is 11.5. The van der Waals surface area contributed by atoms with Crippen LogP contribution >= 0.6 is 34.5 Å². The van der Waals surface area contributed by atoms with Crippen molar-refractivity contribution in [2.75, 3.05) is 10.6 Å². The van der Waals surface area contributed by atoms with E-state index in [9.17, 15) is 9.65 Å². The first kappa shape index (κ1) is 18.4. The van der Waals surface area contributed by atoms with Crippen LogP contribution in [0.5, 0.6) is 0 Å². The molecule has 0 unspecified atom stereocenters. The predicted octanol–water partition coefficient (Wildman–Crippen LogP) is 5.89. The first-order valence-corrected chi connectivity index (χ1v) is 9.41.